The van der Waals surface area contributed by atoms with Crippen LogP contribution in [-0.4, -0.2) is 29.8 Å². The lowest BCUT2D eigenvalue weighted by atomic mass is 10.1. The van der Waals surface area contributed by atoms with Gasteiger partial charge >= 0.3 is 0 Å². The molecule has 4 rings (SSSR count). The number of nitrogens with zero attached hydrogens (tertiary/aromatic N) is 1. The second-order valence-electron chi connectivity index (χ2n) is 8.11. The van der Waals surface area contributed by atoms with Gasteiger partial charge in [0.15, 0.2) is 0 Å². The van der Waals surface area contributed by atoms with Gasteiger partial charge in [-0.1, -0.05) is 60.8 Å². The number of carbonyl (C=O) groups is 2. The quantitative estimate of drug-likeness (QED) is 0.475. The molecule has 3 aromatic carbocycles. The molecule has 0 saturated carbocycles. The van der Waals surface area contributed by atoms with Crippen LogP contribution >= 0.6 is 11.6 Å². The molecular formula is C27H27ClN2O3. The van der Waals surface area contributed by atoms with E-state index in [1.54, 1.807) is 36.4 Å². The third-order valence-corrected chi connectivity index (χ3v) is 6.12. The average molecular weight is 463 g/mol. The molecule has 1 N–H and O–H groups in total. The zero-order chi connectivity index (χ0) is 23.0. The van der Waals surface area contributed by atoms with Gasteiger partial charge in [-0.05, 0) is 49.2 Å². The molecule has 0 bridgehead atoms. The van der Waals surface area contributed by atoms with Crippen LogP contribution in [0.4, 0.5) is 5.69 Å². The van der Waals surface area contributed by atoms with Crippen LogP contribution in [-0.2, 0) is 6.61 Å². The molecule has 1 aliphatic heterocycles. The van der Waals surface area contributed by atoms with Crippen molar-refractivity contribution in [2.24, 2.45) is 0 Å². The van der Waals surface area contributed by atoms with E-state index in [0.717, 1.165) is 44.3 Å². The molecule has 0 spiro atoms. The van der Waals surface area contributed by atoms with Crippen LogP contribution in [0.1, 0.15) is 52.0 Å². The number of amides is 2. The summed E-state index contributed by atoms with van der Waals surface area (Å²) >= 11 is 6.19. The first-order valence-electron chi connectivity index (χ1n) is 11.3. The number of benzene rings is 3. The van der Waals surface area contributed by atoms with Gasteiger partial charge in [0, 0.05) is 29.2 Å². The predicted molar refractivity (Wildman–Crippen MR) is 131 cm³/mol. The summed E-state index contributed by atoms with van der Waals surface area (Å²) in [5.74, 6) is 0.232. The molecule has 0 aliphatic carbocycles. The van der Waals surface area contributed by atoms with E-state index >= 15 is 0 Å². The summed E-state index contributed by atoms with van der Waals surface area (Å²) in [6, 6.07) is 21.6. The van der Waals surface area contributed by atoms with Gasteiger partial charge in [-0.3, -0.25) is 9.59 Å². The maximum Gasteiger partial charge on any atom is 0.255 e. The van der Waals surface area contributed by atoms with Crippen LogP contribution < -0.4 is 10.1 Å². The Morgan fingerprint density at radius 2 is 1.61 bits per heavy atom. The highest BCUT2D eigenvalue weighted by atomic mass is 35.5. The van der Waals surface area contributed by atoms with Crippen molar-refractivity contribution in [3.8, 4) is 5.75 Å². The molecule has 6 heteroatoms. The molecule has 1 fully saturated rings. The van der Waals surface area contributed by atoms with E-state index in [0.29, 0.717) is 34.2 Å². The van der Waals surface area contributed by atoms with Crippen LogP contribution in [0.3, 0.4) is 0 Å². The average Bonchev–Trinajstić information content (AvgIpc) is 3.13. The highest BCUT2D eigenvalue weighted by Gasteiger charge is 2.21. The maximum absolute atomic E-state index is 13.1. The molecule has 1 saturated heterocycles. The van der Waals surface area contributed by atoms with Crippen LogP contribution in [0, 0.1) is 0 Å². The number of carbonyl (C=O) groups excluding carboxylic acids is 2. The Hall–Kier alpha value is -3.31. The summed E-state index contributed by atoms with van der Waals surface area (Å²) < 4.78 is 5.84. The lowest BCUT2D eigenvalue weighted by Crippen LogP contribution is -2.32. The Balaban J connectivity index is 1.46. The summed E-state index contributed by atoms with van der Waals surface area (Å²) in [7, 11) is 0. The molecule has 0 radical (unpaired) electrons. The fourth-order valence-corrected chi connectivity index (χ4v) is 4.11. The van der Waals surface area contributed by atoms with Crippen LogP contribution in [0.2, 0.25) is 5.02 Å². The zero-order valence-electron chi connectivity index (χ0n) is 18.4. The lowest BCUT2D eigenvalue weighted by molar-refractivity contribution is 0.0762. The van der Waals surface area contributed by atoms with E-state index in [2.05, 4.69) is 5.32 Å². The zero-order valence-corrected chi connectivity index (χ0v) is 19.2. The molecule has 1 aliphatic rings. The van der Waals surface area contributed by atoms with Crippen LogP contribution in [0.25, 0.3) is 0 Å². The molecule has 33 heavy (non-hydrogen) atoms. The number of hydrogen-bond donors (Lipinski definition) is 1. The monoisotopic (exact) mass is 462 g/mol. The Kier molecular flexibility index (Phi) is 7.63. The van der Waals surface area contributed by atoms with E-state index in [9.17, 15) is 9.59 Å². The van der Waals surface area contributed by atoms with Crippen LogP contribution in [0.5, 0.6) is 5.75 Å². The van der Waals surface area contributed by atoms with E-state index in [4.69, 9.17) is 16.3 Å². The predicted octanol–water partition coefficient (Wildman–Crippen LogP) is 6.19. The number of rotatable bonds is 6. The SMILES string of the molecule is O=C(Nc1ccccc1C(=O)N1CCCCCC1)c1cccc(OCc2ccccc2Cl)c1. The van der Waals surface area contributed by atoms with Gasteiger partial charge in [0.05, 0.1) is 11.3 Å². The molecule has 1 heterocycles. The molecule has 3 aromatic rings. The molecule has 170 valence electrons. The molecular weight excluding hydrogens is 436 g/mol. The summed E-state index contributed by atoms with van der Waals surface area (Å²) in [5.41, 5.74) is 2.34. The number of nitrogens with one attached hydrogen (secondary N) is 1. The van der Waals surface area contributed by atoms with Crippen molar-refractivity contribution in [3.05, 3.63) is 94.5 Å². The first-order valence-corrected chi connectivity index (χ1v) is 11.7. The van der Waals surface area contributed by atoms with Crippen LogP contribution in [0.15, 0.2) is 72.8 Å². The Morgan fingerprint density at radius 3 is 2.39 bits per heavy atom. The first-order chi connectivity index (χ1) is 16.1. The highest BCUT2D eigenvalue weighted by molar-refractivity contribution is 6.31. The Morgan fingerprint density at radius 1 is 0.879 bits per heavy atom. The third kappa shape index (κ3) is 5.93. The van der Waals surface area contributed by atoms with E-state index in [1.165, 1.54) is 0 Å². The van der Waals surface area contributed by atoms with Crippen molar-refractivity contribution < 1.29 is 14.3 Å². The van der Waals surface area contributed by atoms with Crippen molar-refractivity contribution in [1.29, 1.82) is 0 Å². The number of anilines is 1. The maximum atomic E-state index is 13.1. The molecule has 5 nitrogen and oxygen atoms in total. The summed E-state index contributed by atoms with van der Waals surface area (Å²) in [6.45, 7) is 1.82. The van der Waals surface area contributed by atoms with Crippen molar-refractivity contribution in [2.45, 2.75) is 32.3 Å². The number of para-hydroxylation sites is 1. The number of ether oxygens (including phenoxy) is 1. The van der Waals surface area contributed by atoms with E-state index in [-0.39, 0.29) is 11.8 Å². The molecule has 0 aromatic heterocycles. The minimum Gasteiger partial charge on any atom is -0.489 e. The second-order valence-corrected chi connectivity index (χ2v) is 8.52. The van der Waals surface area contributed by atoms with Crippen molar-refractivity contribution in [2.75, 3.05) is 18.4 Å². The summed E-state index contributed by atoms with van der Waals surface area (Å²) in [5, 5.41) is 3.55. The highest BCUT2D eigenvalue weighted by Crippen LogP contribution is 2.23. The van der Waals surface area contributed by atoms with Gasteiger partial charge in [-0.15, -0.1) is 0 Å². The fraction of sp³-hybridized carbons (Fsp3) is 0.259. The lowest BCUT2D eigenvalue weighted by Gasteiger charge is -2.22. The van der Waals surface area contributed by atoms with Crippen molar-refractivity contribution in [1.82, 2.24) is 4.90 Å². The molecule has 0 atom stereocenters. The van der Waals surface area contributed by atoms with Gasteiger partial charge in [-0.2, -0.15) is 0 Å². The molecule has 0 unspecified atom stereocenters. The van der Waals surface area contributed by atoms with Gasteiger partial charge in [-0.25, -0.2) is 0 Å². The van der Waals surface area contributed by atoms with Gasteiger partial charge in [0.1, 0.15) is 12.4 Å². The second kappa shape index (κ2) is 11.0. The standard InChI is InChI=1S/C27H27ClN2O3/c28-24-14-5-3-10-21(24)19-33-22-12-9-11-20(18-22)26(31)29-25-15-6-4-13-23(25)27(32)30-16-7-1-2-8-17-30/h3-6,9-15,18H,1-2,7-8,16-17,19H2,(H,29,31). The third-order valence-electron chi connectivity index (χ3n) is 5.75. The summed E-state index contributed by atoms with van der Waals surface area (Å²) in [4.78, 5) is 28.0. The van der Waals surface area contributed by atoms with E-state index < -0.39 is 0 Å². The van der Waals surface area contributed by atoms with Gasteiger partial charge < -0.3 is 15.0 Å². The van der Waals surface area contributed by atoms with E-state index in [1.807, 2.05) is 41.3 Å². The summed E-state index contributed by atoms with van der Waals surface area (Å²) in [6.07, 6.45) is 4.33. The topological polar surface area (TPSA) is 58.6 Å². The minimum atomic E-state index is -0.297. The normalized spacial score (nSPS) is 13.8. The molecule has 2 amide bonds. The number of halogens is 1. The van der Waals surface area contributed by atoms with Crippen molar-refractivity contribution in [3.63, 3.8) is 0 Å². The smallest absolute Gasteiger partial charge is 0.255 e. The van der Waals surface area contributed by atoms with Gasteiger partial charge in [0.2, 0.25) is 0 Å². The van der Waals surface area contributed by atoms with Crippen molar-refractivity contribution >= 4 is 29.1 Å². The Labute approximate surface area is 199 Å². The number of hydrogen-bond acceptors (Lipinski definition) is 3. The number of likely N-dealkylation sites (tertiary alicyclic amines) is 1. The minimum absolute atomic E-state index is 0.0374. The van der Waals surface area contributed by atoms with Gasteiger partial charge in [0.25, 0.3) is 11.8 Å². The Bertz CT molecular complexity index is 1120. The largest absolute Gasteiger partial charge is 0.489 e. The fourth-order valence-electron chi connectivity index (χ4n) is 3.92. The first kappa shape index (κ1) is 22.9.